The normalized spacial score (nSPS) is 10.9. The molecule has 0 atom stereocenters. The average molecular weight is 498 g/mol. The third kappa shape index (κ3) is 147. The van der Waals surface area contributed by atoms with E-state index in [1.807, 2.05) is 0 Å². The molecule has 147 valence electrons. The van der Waals surface area contributed by atoms with Crippen molar-refractivity contribution in [3.63, 3.8) is 0 Å². The minimum atomic E-state index is -0.750. The molecule has 3 radical (unpaired) electrons. The van der Waals surface area contributed by atoms with Crippen LogP contribution in [0.15, 0.2) is 0 Å². The summed E-state index contributed by atoms with van der Waals surface area (Å²) in [6.45, 7) is 14.6. The zero-order valence-corrected chi connectivity index (χ0v) is 22.2. The van der Waals surface area contributed by atoms with Crippen LogP contribution in [0.25, 0.3) is 11.5 Å². The smallest absolute Gasteiger partial charge is 1.00 e. The van der Waals surface area contributed by atoms with Crippen LogP contribution in [-0.2, 0) is 19.9 Å². The minimum Gasteiger partial charge on any atom is 1.00 e. The fraction of sp³-hybridized carbons (Fsp3) is 0.857. The predicted octanol–water partition coefficient (Wildman–Crippen LogP) is 1.63. The number of ether oxygens (including phenoxy) is 1. The molecule has 0 aromatic rings. The van der Waals surface area contributed by atoms with E-state index in [0.717, 1.165) is 26.1 Å². The number of hydrogen-bond acceptors (Lipinski definition) is 3. The average Bonchev–Trinajstić information content (AvgIpc) is 2.97. The van der Waals surface area contributed by atoms with Gasteiger partial charge in [0.1, 0.15) is 0 Å². The molecule has 0 aliphatic carbocycles. The fourth-order valence-electron chi connectivity index (χ4n) is 0.510. The molecule has 0 unspecified atom stereocenters. The van der Waals surface area contributed by atoms with E-state index >= 15 is 0 Å². The molecule has 0 saturated carbocycles. The van der Waals surface area contributed by atoms with Crippen LogP contribution < -0.4 is 62.6 Å². The summed E-state index contributed by atoms with van der Waals surface area (Å²) in [6.07, 6.45) is 4.03. The van der Waals surface area contributed by atoms with Crippen LogP contribution in [0.2, 0.25) is 0 Å². The van der Waals surface area contributed by atoms with Gasteiger partial charge in [-0.3, -0.25) is 0 Å². The Bertz CT molecular complexity index is 141. The van der Waals surface area contributed by atoms with Gasteiger partial charge in [0, 0.05) is 21.6 Å². The molecule has 1 fully saturated rings. The van der Waals surface area contributed by atoms with Crippen LogP contribution in [0.5, 0.6) is 0 Å². The largest absolute Gasteiger partial charge is 1.00 e. The minimum absolute atomic E-state index is 0. The molecule has 10 heteroatoms. The van der Waals surface area contributed by atoms with Gasteiger partial charge in [-0.2, -0.15) is 13.1 Å². The van der Waals surface area contributed by atoms with E-state index in [4.69, 9.17) is 35.6 Å². The molecule has 5 nitrogen and oxygen atoms in total. The van der Waals surface area contributed by atoms with Crippen molar-refractivity contribution in [1.29, 1.82) is 0 Å². The second-order valence-electron chi connectivity index (χ2n) is 4.69. The Hall–Kier alpha value is 2.70. The molecule has 0 bridgehead atoms. The number of hydrogen-bond donors (Lipinski definition) is 1. The van der Waals surface area contributed by atoms with Gasteiger partial charge in [0.05, 0.1) is 0 Å². The van der Waals surface area contributed by atoms with Gasteiger partial charge in [0.25, 0.3) is 0 Å². The summed E-state index contributed by atoms with van der Waals surface area (Å²) in [5.41, 5.74) is 12.0. The summed E-state index contributed by atoms with van der Waals surface area (Å²) in [5.74, 6) is 0. The van der Waals surface area contributed by atoms with Crippen LogP contribution in [0, 0.1) is 13.8 Å². The first-order valence-electron chi connectivity index (χ1n) is 6.76. The van der Waals surface area contributed by atoms with Gasteiger partial charge in [0.2, 0.25) is 0 Å². The Labute approximate surface area is 211 Å². The van der Waals surface area contributed by atoms with Crippen molar-refractivity contribution < 1.29 is 76.4 Å². The maximum atomic E-state index is 10.1. The molecule has 1 rings (SSSR count). The van der Waals surface area contributed by atoms with Gasteiger partial charge >= 0.3 is 85.9 Å². The van der Waals surface area contributed by atoms with Crippen LogP contribution >= 0.6 is 19.4 Å². The quantitative estimate of drug-likeness (QED) is 0.461. The number of rotatable bonds is 2. The van der Waals surface area contributed by atoms with E-state index in [2.05, 4.69) is 13.8 Å². The van der Waals surface area contributed by atoms with E-state index in [0.29, 0.717) is 13.1 Å². The van der Waals surface area contributed by atoms with Gasteiger partial charge in [-0.1, -0.05) is 20.8 Å². The Morgan fingerprint density at radius 3 is 1.25 bits per heavy atom. The van der Waals surface area contributed by atoms with Crippen molar-refractivity contribution in [1.82, 2.24) is 6.15 Å². The molecule has 0 aromatic heterocycles. The molecule has 0 aromatic carbocycles. The molecular weight excluding hydrogens is 464 g/mol. The Morgan fingerprint density at radius 2 is 1.21 bits per heavy atom. The van der Waals surface area contributed by atoms with Crippen LogP contribution in [0.1, 0.15) is 46.5 Å². The van der Waals surface area contributed by atoms with Gasteiger partial charge in [0.15, 0.2) is 0 Å². The predicted molar refractivity (Wildman–Crippen MR) is 101 cm³/mol. The van der Waals surface area contributed by atoms with Crippen molar-refractivity contribution in [3.05, 3.63) is 25.3 Å². The van der Waals surface area contributed by atoms with E-state index in [9.17, 15) is 5.11 Å². The SMILES string of the molecule is C1CCOC1.CC(C)(C)[O-].N.[B].[CH2-]CC[NH-].[CH2-]CC[NH-].[Cl][Ru][Cl].[K+]. The molecule has 1 heterocycles. The maximum absolute atomic E-state index is 10.1. The van der Waals surface area contributed by atoms with Gasteiger partial charge in [-0.15, -0.1) is 5.60 Å². The molecule has 1 aliphatic rings. The first-order chi connectivity index (χ1) is 9.74. The topological polar surface area (TPSA) is 115 Å². The summed E-state index contributed by atoms with van der Waals surface area (Å²) in [4.78, 5) is 0. The Morgan fingerprint density at radius 1 is 1.04 bits per heavy atom. The summed E-state index contributed by atoms with van der Waals surface area (Å²) >= 11 is -0.346. The fourth-order valence-corrected chi connectivity index (χ4v) is 0.510. The van der Waals surface area contributed by atoms with Crippen LogP contribution in [0.3, 0.4) is 0 Å². The van der Waals surface area contributed by atoms with Crippen molar-refractivity contribution in [2.45, 2.75) is 52.1 Å². The second kappa shape index (κ2) is 44.8. The molecule has 1 aliphatic heterocycles. The van der Waals surface area contributed by atoms with Crippen molar-refractivity contribution in [2.75, 3.05) is 26.3 Å². The zero-order valence-electron chi connectivity index (χ0n) is 15.8. The van der Waals surface area contributed by atoms with Crippen molar-refractivity contribution >= 4 is 27.8 Å². The monoisotopic (exact) mass is 498 g/mol. The van der Waals surface area contributed by atoms with Gasteiger partial charge in [-0.25, -0.2) is 12.8 Å². The third-order valence-electron chi connectivity index (χ3n) is 1.18. The summed E-state index contributed by atoms with van der Waals surface area (Å²) < 4.78 is 4.94. The molecule has 5 N–H and O–H groups in total. The van der Waals surface area contributed by atoms with Gasteiger partial charge < -0.3 is 41.3 Å². The van der Waals surface area contributed by atoms with Crippen LogP contribution in [-0.4, -0.2) is 40.3 Å². The molecule has 1 saturated heterocycles. The summed E-state index contributed by atoms with van der Waals surface area (Å²) in [7, 11) is 9.71. The van der Waals surface area contributed by atoms with E-state index < -0.39 is 5.60 Å². The van der Waals surface area contributed by atoms with E-state index in [-0.39, 0.29) is 81.1 Å². The summed E-state index contributed by atoms with van der Waals surface area (Å²) in [6, 6.07) is 0. The standard InChI is InChI=1S/C4H8O.C4H9O.2C3H7N.B.2ClH.K.H3N.Ru/c1-2-4-5-3-1;1-4(2,3)5;2*1-2-3-4;;;;;;/h1-4H2;1-3H3;2*4H,1-3H2;;2*1H;;1H3;/q;-1;2*-2;;;;+1;;+2/p-2. The number of halogens is 2. The summed E-state index contributed by atoms with van der Waals surface area (Å²) in [5, 5.41) is 10.1. The Kier molecular flexibility index (Phi) is 84.9. The first-order valence-corrected chi connectivity index (χ1v) is 11.2. The number of nitrogens with one attached hydrogen (secondary N) is 2. The van der Waals surface area contributed by atoms with Gasteiger partial charge in [-0.05, 0) is 12.8 Å². The Balaban J connectivity index is -0.0000000295. The van der Waals surface area contributed by atoms with Crippen molar-refractivity contribution in [3.8, 4) is 0 Å². The van der Waals surface area contributed by atoms with E-state index in [1.54, 1.807) is 20.8 Å². The van der Waals surface area contributed by atoms with E-state index in [1.165, 1.54) is 12.8 Å². The molecule has 24 heavy (non-hydrogen) atoms. The first kappa shape index (κ1) is 45.4. The molecular formula is C14H34BCl2KN3O2Ru-4. The van der Waals surface area contributed by atoms with Crippen molar-refractivity contribution in [2.24, 2.45) is 0 Å². The second-order valence-corrected chi connectivity index (χ2v) is 7.33. The van der Waals surface area contributed by atoms with Crippen LogP contribution in [0.4, 0.5) is 0 Å². The third-order valence-corrected chi connectivity index (χ3v) is 1.18. The maximum Gasteiger partial charge on any atom is 1.00 e. The molecule has 0 spiro atoms. The molecule has 0 amide bonds. The zero-order chi connectivity index (χ0) is 17.6.